The molecule has 0 unspecified atom stereocenters. The van der Waals surface area contributed by atoms with Crippen LogP contribution in [0.2, 0.25) is 0 Å². The average molecular weight is 469 g/mol. The van der Waals surface area contributed by atoms with E-state index in [4.69, 9.17) is 8.83 Å². The van der Waals surface area contributed by atoms with E-state index in [1.807, 2.05) is 54.6 Å². The van der Waals surface area contributed by atoms with Crippen molar-refractivity contribution in [2.45, 2.75) is 39.2 Å². The second-order valence-corrected chi connectivity index (χ2v) is 9.87. The summed E-state index contributed by atoms with van der Waals surface area (Å²) in [5, 5.41) is 2.95. The van der Waals surface area contributed by atoms with Crippen LogP contribution in [0.3, 0.4) is 0 Å². The summed E-state index contributed by atoms with van der Waals surface area (Å²) in [6.07, 6.45) is 2.16. The molecule has 5 rings (SSSR count). The second-order valence-electron chi connectivity index (χ2n) is 9.87. The van der Waals surface area contributed by atoms with Gasteiger partial charge >= 0.3 is 0 Å². The molecule has 6 nitrogen and oxygen atoms in total. The molecule has 0 fully saturated rings. The van der Waals surface area contributed by atoms with Crippen LogP contribution in [0.4, 0.5) is 5.69 Å². The molecule has 1 N–H and O–H groups in total. The highest BCUT2D eigenvalue weighted by Gasteiger charge is 2.26. The molecule has 0 atom stereocenters. The van der Waals surface area contributed by atoms with Crippen molar-refractivity contribution in [1.82, 2.24) is 4.90 Å². The number of benzene rings is 2. The Morgan fingerprint density at radius 1 is 0.971 bits per heavy atom. The predicted octanol–water partition coefficient (Wildman–Crippen LogP) is 6.29. The fraction of sp³-hybridized carbons (Fsp3) is 0.241. The van der Waals surface area contributed by atoms with Crippen molar-refractivity contribution in [3.63, 3.8) is 0 Å². The number of rotatable bonds is 4. The van der Waals surface area contributed by atoms with Crippen LogP contribution in [0.5, 0.6) is 0 Å². The first-order valence-electron chi connectivity index (χ1n) is 11.7. The van der Waals surface area contributed by atoms with E-state index in [2.05, 4.69) is 26.1 Å². The van der Waals surface area contributed by atoms with E-state index < -0.39 is 0 Å². The van der Waals surface area contributed by atoms with Crippen LogP contribution >= 0.6 is 0 Å². The van der Waals surface area contributed by atoms with Crippen molar-refractivity contribution in [3.05, 3.63) is 101 Å². The van der Waals surface area contributed by atoms with Gasteiger partial charge < -0.3 is 19.1 Å². The zero-order valence-electron chi connectivity index (χ0n) is 20.1. The molecule has 0 radical (unpaired) electrons. The van der Waals surface area contributed by atoms with Crippen molar-refractivity contribution >= 4 is 17.5 Å². The molecule has 2 aromatic carbocycles. The number of nitrogens with zero attached hydrogens (tertiary/aromatic N) is 1. The maximum atomic E-state index is 12.7. The molecule has 4 aromatic rings. The van der Waals surface area contributed by atoms with Gasteiger partial charge in [-0.1, -0.05) is 32.9 Å². The van der Waals surface area contributed by atoms with Gasteiger partial charge in [0.25, 0.3) is 11.8 Å². The molecule has 0 aliphatic carbocycles. The number of amides is 2. The smallest absolute Gasteiger partial charge is 0.289 e. The first kappa shape index (κ1) is 22.7. The Balaban J connectivity index is 1.25. The van der Waals surface area contributed by atoms with Gasteiger partial charge in [0, 0.05) is 41.9 Å². The Morgan fingerprint density at radius 2 is 1.71 bits per heavy atom. The van der Waals surface area contributed by atoms with Gasteiger partial charge in [-0.25, -0.2) is 0 Å². The van der Waals surface area contributed by atoms with E-state index in [1.165, 1.54) is 11.8 Å². The molecule has 0 saturated carbocycles. The highest BCUT2D eigenvalue weighted by atomic mass is 16.3. The van der Waals surface area contributed by atoms with Gasteiger partial charge in [0.1, 0.15) is 11.5 Å². The van der Waals surface area contributed by atoms with E-state index in [9.17, 15) is 9.59 Å². The number of hydrogen-bond acceptors (Lipinski definition) is 4. The van der Waals surface area contributed by atoms with Crippen molar-refractivity contribution in [3.8, 4) is 11.3 Å². The number of fused-ring (bicyclic) bond motifs is 1. The SMILES string of the molecule is CC(C)(C)c1ccc(C(=O)Nc2ccc(-c3cc4c(o3)CCN(C(=O)c3ccco3)C4)cc2)cc1. The lowest BCUT2D eigenvalue weighted by Gasteiger charge is -2.25. The third-order valence-electron chi connectivity index (χ3n) is 6.33. The van der Waals surface area contributed by atoms with Crippen LogP contribution in [0, 0.1) is 0 Å². The first-order valence-corrected chi connectivity index (χ1v) is 11.7. The van der Waals surface area contributed by atoms with Gasteiger partial charge in [-0.05, 0) is 65.6 Å². The number of hydrogen-bond donors (Lipinski definition) is 1. The minimum Gasteiger partial charge on any atom is -0.461 e. The Morgan fingerprint density at radius 3 is 2.37 bits per heavy atom. The van der Waals surface area contributed by atoms with Crippen LogP contribution in [0.15, 0.2) is 81.8 Å². The summed E-state index contributed by atoms with van der Waals surface area (Å²) in [6, 6.07) is 20.7. The lowest BCUT2D eigenvalue weighted by atomic mass is 9.87. The Kier molecular flexibility index (Phi) is 5.81. The second kappa shape index (κ2) is 8.95. The quantitative estimate of drug-likeness (QED) is 0.382. The molecule has 1 aliphatic rings. The van der Waals surface area contributed by atoms with Gasteiger partial charge in [0.15, 0.2) is 5.76 Å². The van der Waals surface area contributed by atoms with Gasteiger partial charge in [0.2, 0.25) is 0 Å². The highest BCUT2D eigenvalue weighted by molar-refractivity contribution is 6.04. The van der Waals surface area contributed by atoms with Gasteiger partial charge in [-0.15, -0.1) is 0 Å². The molecular weight excluding hydrogens is 440 g/mol. The molecule has 2 amide bonds. The average Bonchev–Trinajstić information content (AvgIpc) is 3.53. The van der Waals surface area contributed by atoms with E-state index >= 15 is 0 Å². The number of nitrogens with one attached hydrogen (secondary N) is 1. The van der Waals surface area contributed by atoms with Crippen molar-refractivity contribution < 1.29 is 18.4 Å². The Labute approximate surface area is 204 Å². The zero-order valence-corrected chi connectivity index (χ0v) is 20.1. The third-order valence-corrected chi connectivity index (χ3v) is 6.33. The molecular formula is C29H28N2O4. The molecule has 0 spiro atoms. The summed E-state index contributed by atoms with van der Waals surface area (Å²) in [4.78, 5) is 27.0. The number of carbonyl (C=O) groups is 2. The van der Waals surface area contributed by atoms with Gasteiger partial charge in [-0.3, -0.25) is 9.59 Å². The highest BCUT2D eigenvalue weighted by Crippen LogP contribution is 2.31. The maximum absolute atomic E-state index is 12.7. The molecule has 6 heteroatoms. The fourth-order valence-corrected chi connectivity index (χ4v) is 4.25. The monoisotopic (exact) mass is 468 g/mol. The zero-order chi connectivity index (χ0) is 24.6. The summed E-state index contributed by atoms with van der Waals surface area (Å²) in [5.74, 6) is 1.74. The van der Waals surface area contributed by atoms with Crippen LogP contribution < -0.4 is 5.32 Å². The molecule has 178 valence electrons. The molecule has 0 saturated heterocycles. The first-order chi connectivity index (χ1) is 16.8. The van der Waals surface area contributed by atoms with Crippen LogP contribution in [-0.4, -0.2) is 23.3 Å². The van der Waals surface area contributed by atoms with Gasteiger partial charge in [-0.2, -0.15) is 0 Å². The Hall–Kier alpha value is -4.06. The van der Waals surface area contributed by atoms with Crippen molar-refractivity contribution in [1.29, 1.82) is 0 Å². The fourth-order valence-electron chi connectivity index (χ4n) is 4.25. The topological polar surface area (TPSA) is 75.7 Å². The van der Waals surface area contributed by atoms with Crippen molar-refractivity contribution in [2.24, 2.45) is 0 Å². The van der Waals surface area contributed by atoms with Crippen LogP contribution in [-0.2, 0) is 18.4 Å². The summed E-state index contributed by atoms with van der Waals surface area (Å²) in [6.45, 7) is 7.52. The van der Waals surface area contributed by atoms with Crippen LogP contribution in [0.25, 0.3) is 11.3 Å². The third kappa shape index (κ3) is 4.78. The van der Waals surface area contributed by atoms with Crippen LogP contribution in [0.1, 0.15) is 58.6 Å². The number of anilines is 1. The summed E-state index contributed by atoms with van der Waals surface area (Å²) < 4.78 is 11.3. The summed E-state index contributed by atoms with van der Waals surface area (Å²) >= 11 is 0. The summed E-state index contributed by atoms with van der Waals surface area (Å²) in [7, 11) is 0. The van der Waals surface area contributed by atoms with Crippen molar-refractivity contribution in [2.75, 3.05) is 11.9 Å². The lowest BCUT2D eigenvalue weighted by molar-refractivity contribution is 0.0697. The lowest BCUT2D eigenvalue weighted by Crippen LogP contribution is -2.35. The summed E-state index contributed by atoms with van der Waals surface area (Å²) in [5.41, 5.74) is 4.48. The normalized spacial score (nSPS) is 13.4. The maximum Gasteiger partial charge on any atom is 0.289 e. The minimum atomic E-state index is -0.145. The minimum absolute atomic E-state index is 0.0448. The van der Waals surface area contributed by atoms with E-state index in [1.54, 1.807) is 17.0 Å². The molecule has 1 aliphatic heterocycles. The number of carbonyl (C=O) groups excluding carboxylic acids is 2. The van der Waals surface area contributed by atoms with Gasteiger partial charge in [0.05, 0.1) is 6.26 Å². The predicted molar refractivity (Wildman–Crippen MR) is 134 cm³/mol. The molecule has 0 bridgehead atoms. The van der Waals surface area contributed by atoms with E-state index in [-0.39, 0.29) is 17.2 Å². The molecule has 2 aromatic heterocycles. The molecule has 35 heavy (non-hydrogen) atoms. The number of furan rings is 2. The molecule has 3 heterocycles. The largest absolute Gasteiger partial charge is 0.461 e. The van der Waals surface area contributed by atoms with E-state index in [0.717, 1.165) is 22.6 Å². The Bertz CT molecular complexity index is 1340. The standard InChI is InChI=1S/C29H28N2O4/c1-29(2,3)22-10-6-20(7-11-22)27(32)30-23-12-8-19(9-13-23)26-17-21-18-31(15-14-24(21)35-26)28(33)25-5-4-16-34-25/h4-13,16-17H,14-15,18H2,1-3H3,(H,30,32). The van der Waals surface area contributed by atoms with E-state index in [0.29, 0.717) is 36.5 Å².